The van der Waals surface area contributed by atoms with Gasteiger partial charge in [0.1, 0.15) is 0 Å². The van der Waals surface area contributed by atoms with Crippen molar-refractivity contribution in [3.8, 4) is 0 Å². The first kappa shape index (κ1) is 14.7. The molecule has 1 aromatic rings. The number of aliphatic hydroxyl groups is 1. The summed E-state index contributed by atoms with van der Waals surface area (Å²) < 4.78 is 5.01. The third kappa shape index (κ3) is 3.22. The number of ether oxygens (including phenoxy) is 1. The number of benzene rings is 1. The first-order valence-corrected chi connectivity index (χ1v) is 6.97. The van der Waals surface area contributed by atoms with Crippen molar-refractivity contribution in [2.24, 2.45) is 0 Å². The summed E-state index contributed by atoms with van der Waals surface area (Å²) in [4.78, 5) is 14.0. The summed E-state index contributed by atoms with van der Waals surface area (Å²) in [6.07, 6.45) is 1.43. The number of hydrogen-bond donors (Lipinski definition) is 2. The molecule has 0 atom stereocenters. The van der Waals surface area contributed by atoms with Gasteiger partial charge < -0.3 is 20.5 Å². The van der Waals surface area contributed by atoms with Gasteiger partial charge >= 0.3 is 5.97 Å². The minimum absolute atomic E-state index is 0.328. The number of hydrogen-bond acceptors (Lipinski definition) is 5. The van der Waals surface area contributed by atoms with Gasteiger partial charge in [-0.05, 0) is 44.9 Å². The molecule has 3 N–H and O–H groups in total. The van der Waals surface area contributed by atoms with Crippen molar-refractivity contribution >= 4 is 17.3 Å². The van der Waals surface area contributed by atoms with Crippen molar-refractivity contribution in [1.29, 1.82) is 0 Å². The van der Waals surface area contributed by atoms with E-state index in [4.69, 9.17) is 10.5 Å². The smallest absolute Gasteiger partial charge is 0.340 e. The third-order valence-corrected chi connectivity index (χ3v) is 3.74. The van der Waals surface area contributed by atoms with Gasteiger partial charge in [0.2, 0.25) is 0 Å². The molecule has 0 aromatic heterocycles. The number of esters is 1. The second kappa shape index (κ2) is 5.71. The van der Waals surface area contributed by atoms with Gasteiger partial charge in [-0.1, -0.05) is 0 Å². The molecule has 0 amide bonds. The molecular formula is C15H22N2O3. The summed E-state index contributed by atoms with van der Waals surface area (Å²) >= 11 is 0. The Morgan fingerprint density at radius 2 is 2.10 bits per heavy atom. The number of piperidine rings is 1. The Morgan fingerprint density at radius 1 is 1.45 bits per heavy atom. The van der Waals surface area contributed by atoms with E-state index in [1.807, 2.05) is 13.0 Å². The summed E-state index contributed by atoms with van der Waals surface area (Å²) in [6.45, 7) is 5.48. The molecule has 1 fully saturated rings. The molecule has 0 bridgehead atoms. The number of rotatable bonds is 3. The SMILES string of the molecule is CCOC(=O)c1cc(N2CCC(C)(O)CC2)ccc1N. The predicted octanol–water partition coefficient (Wildman–Crippen LogP) is 1.80. The average molecular weight is 278 g/mol. The standard InChI is InChI=1S/C15H22N2O3/c1-3-20-14(18)12-10-11(4-5-13(12)16)17-8-6-15(2,19)7-9-17/h4-5,10,19H,3,6-9,16H2,1-2H3. The predicted molar refractivity (Wildman–Crippen MR) is 78.9 cm³/mol. The van der Waals surface area contributed by atoms with Crippen LogP contribution in [0.15, 0.2) is 18.2 Å². The summed E-state index contributed by atoms with van der Waals surface area (Å²) in [5, 5.41) is 9.98. The molecule has 1 aliphatic rings. The lowest BCUT2D eigenvalue weighted by molar-refractivity contribution is 0.0350. The lowest BCUT2D eigenvalue weighted by Crippen LogP contribution is -2.42. The van der Waals surface area contributed by atoms with Crippen molar-refractivity contribution < 1.29 is 14.6 Å². The van der Waals surface area contributed by atoms with E-state index in [-0.39, 0.29) is 0 Å². The van der Waals surface area contributed by atoms with E-state index < -0.39 is 11.6 Å². The minimum Gasteiger partial charge on any atom is -0.462 e. The number of nitrogens with zero attached hydrogens (tertiary/aromatic N) is 1. The zero-order valence-corrected chi connectivity index (χ0v) is 12.1. The maximum atomic E-state index is 11.8. The molecule has 1 aliphatic heterocycles. The van der Waals surface area contributed by atoms with Crippen molar-refractivity contribution in [3.05, 3.63) is 23.8 Å². The second-order valence-electron chi connectivity index (χ2n) is 5.48. The van der Waals surface area contributed by atoms with Gasteiger partial charge in [-0.15, -0.1) is 0 Å². The van der Waals surface area contributed by atoms with E-state index in [9.17, 15) is 9.90 Å². The van der Waals surface area contributed by atoms with Crippen LogP contribution in [-0.2, 0) is 4.74 Å². The summed E-state index contributed by atoms with van der Waals surface area (Å²) in [7, 11) is 0. The number of nitrogens with two attached hydrogens (primary N) is 1. The third-order valence-electron chi connectivity index (χ3n) is 3.74. The molecule has 2 rings (SSSR count). The van der Waals surface area contributed by atoms with E-state index >= 15 is 0 Å². The van der Waals surface area contributed by atoms with Gasteiger partial charge in [-0.25, -0.2) is 4.79 Å². The Morgan fingerprint density at radius 3 is 2.70 bits per heavy atom. The van der Waals surface area contributed by atoms with Crippen molar-refractivity contribution in [2.45, 2.75) is 32.3 Å². The van der Waals surface area contributed by atoms with Crippen LogP contribution < -0.4 is 10.6 Å². The monoisotopic (exact) mass is 278 g/mol. The first-order valence-electron chi connectivity index (χ1n) is 6.97. The Labute approximate surface area is 119 Å². The zero-order valence-electron chi connectivity index (χ0n) is 12.1. The van der Waals surface area contributed by atoms with Crippen LogP contribution in [0.3, 0.4) is 0 Å². The number of nitrogen functional groups attached to an aromatic ring is 1. The van der Waals surface area contributed by atoms with Crippen LogP contribution in [0.2, 0.25) is 0 Å². The van der Waals surface area contributed by atoms with Crippen molar-refractivity contribution in [2.75, 3.05) is 30.3 Å². The summed E-state index contributed by atoms with van der Waals surface area (Å²) in [5.74, 6) is -0.393. The molecule has 0 spiro atoms. The summed E-state index contributed by atoms with van der Waals surface area (Å²) in [5.41, 5.74) is 7.02. The van der Waals surface area contributed by atoms with Crippen LogP contribution in [0.25, 0.3) is 0 Å². The fourth-order valence-electron chi connectivity index (χ4n) is 2.37. The van der Waals surface area contributed by atoms with E-state index in [0.717, 1.165) is 18.8 Å². The highest BCUT2D eigenvalue weighted by atomic mass is 16.5. The van der Waals surface area contributed by atoms with Crippen molar-refractivity contribution in [1.82, 2.24) is 0 Å². The molecule has 1 aromatic carbocycles. The maximum absolute atomic E-state index is 11.8. The lowest BCUT2D eigenvalue weighted by Gasteiger charge is -2.37. The summed E-state index contributed by atoms with van der Waals surface area (Å²) in [6, 6.07) is 5.40. The normalized spacial score (nSPS) is 17.9. The van der Waals surface area contributed by atoms with E-state index in [0.29, 0.717) is 30.7 Å². The molecule has 20 heavy (non-hydrogen) atoms. The fraction of sp³-hybridized carbons (Fsp3) is 0.533. The highest BCUT2D eigenvalue weighted by Crippen LogP contribution is 2.28. The van der Waals surface area contributed by atoms with Crippen LogP contribution in [-0.4, -0.2) is 36.4 Å². The molecule has 0 saturated carbocycles. The highest BCUT2D eigenvalue weighted by molar-refractivity contribution is 5.96. The largest absolute Gasteiger partial charge is 0.462 e. The molecule has 1 heterocycles. The average Bonchev–Trinajstić information content (AvgIpc) is 2.40. The van der Waals surface area contributed by atoms with Gasteiger partial charge in [0, 0.05) is 24.5 Å². The van der Waals surface area contributed by atoms with Crippen LogP contribution in [0.5, 0.6) is 0 Å². The Balaban J connectivity index is 2.17. The second-order valence-corrected chi connectivity index (χ2v) is 5.48. The van der Waals surface area contributed by atoms with Crippen LogP contribution in [0.1, 0.15) is 37.0 Å². The Bertz CT molecular complexity index is 490. The van der Waals surface area contributed by atoms with Crippen LogP contribution in [0, 0.1) is 0 Å². The number of carbonyl (C=O) groups is 1. The Hall–Kier alpha value is -1.75. The van der Waals surface area contributed by atoms with Crippen LogP contribution >= 0.6 is 0 Å². The quantitative estimate of drug-likeness (QED) is 0.651. The number of anilines is 2. The molecule has 0 unspecified atom stereocenters. The molecular weight excluding hydrogens is 256 g/mol. The number of carbonyl (C=O) groups excluding carboxylic acids is 1. The molecule has 0 radical (unpaired) electrons. The first-order chi connectivity index (χ1) is 9.43. The zero-order chi connectivity index (χ0) is 14.8. The van der Waals surface area contributed by atoms with Gasteiger partial charge in [0.15, 0.2) is 0 Å². The van der Waals surface area contributed by atoms with E-state index in [1.54, 1.807) is 19.1 Å². The lowest BCUT2D eigenvalue weighted by atomic mass is 9.93. The van der Waals surface area contributed by atoms with Crippen molar-refractivity contribution in [3.63, 3.8) is 0 Å². The molecule has 1 saturated heterocycles. The van der Waals surface area contributed by atoms with Gasteiger partial charge in [-0.2, -0.15) is 0 Å². The van der Waals surface area contributed by atoms with Crippen LogP contribution in [0.4, 0.5) is 11.4 Å². The minimum atomic E-state index is -0.589. The molecule has 5 heteroatoms. The van der Waals surface area contributed by atoms with Gasteiger partial charge in [-0.3, -0.25) is 0 Å². The fourth-order valence-corrected chi connectivity index (χ4v) is 2.37. The van der Waals surface area contributed by atoms with Gasteiger partial charge in [0.25, 0.3) is 0 Å². The molecule has 0 aliphatic carbocycles. The maximum Gasteiger partial charge on any atom is 0.340 e. The molecule has 5 nitrogen and oxygen atoms in total. The topological polar surface area (TPSA) is 75.8 Å². The van der Waals surface area contributed by atoms with Gasteiger partial charge in [0.05, 0.1) is 17.8 Å². The van der Waals surface area contributed by atoms with E-state index in [2.05, 4.69) is 4.90 Å². The highest BCUT2D eigenvalue weighted by Gasteiger charge is 2.27. The van der Waals surface area contributed by atoms with E-state index in [1.165, 1.54) is 0 Å². The molecule has 110 valence electrons. The Kier molecular flexibility index (Phi) is 4.18.